The summed E-state index contributed by atoms with van der Waals surface area (Å²) in [6.45, 7) is 2.53. The van der Waals surface area contributed by atoms with Gasteiger partial charge in [0.15, 0.2) is 17.6 Å². The highest BCUT2D eigenvalue weighted by molar-refractivity contribution is 5.79. The van der Waals surface area contributed by atoms with Gasteiger partial charge in [-0.25, -0.2) is 4.79 Å². The topological polar surface area (TPSA) is 93.6 Å². The Hall–Kier alpha value is -3.55. The highest BCUT2D eigenvalue weighted by Gasteiger charge is 2.25. The molecule has 0 saturated carbocycles. The Kier molecular flexibility index (Phi) is 5.07. The van der Waals surface area contributed by atoms with Gasteiger partial charge in [-0.1, -0.05) is 24.3 Å². The second-order valence-electron chi connectivity index (χ2n) is 6.80. The molecular formula is C21H21N3O5. The van der Waals surface area contributed by atoms with E-state index in [1.165, 1.54) is 0 Å². The predicted octanol–water partition coefficient (Wildman–Crippen LogP) is 1.38. The minimum atomic E-state index is -0.607. The van der Waals surface area contributed by atoms with Crippen LogP contribution in [0.4, 0.5) is 0 Å². The molecule has 1 aliphatic rings. The van der Waals surface area contributed by atoms with Crippen LogP contribution >= 0.6 is 0 Å². The summed E-state index contributed by atoms with van der Waals surface area (Å²) in [6.07, 6.45) is -0.333. The van der Waals surface area contributed by atoms with Crippen molar-refractivity contribution in [2.75, 3.05) is 19.7 Å². The Morgan fingerprint density at radius 3 is 2.66 bits per heavy atom. The Bertz CT molecular complexity index is 1170. The minimum Gasteiger partial charge on any atom is -0.486 e. The number of aromatic nitrogens is 2. The molecule has 0 fully saturated rings. The lowest BCUT2D eigenvalue weighted by molar-refractivity contribution is -0.133. The van der Waals surface area contributed by atoms with Crippen LogP contribution in [0, 0.1) is 0 Å². The number of rotatable bonds is 5. The normalized spacial score (nSPS) is 15.3. The van der Waals surface area contributed by atoms with E-state index >= 15 is 0 Å². The van der Waals surface area contributed by atoms with Gasteiger partial charge in [0.05, 0.1) is 17.4 Å². The number of nitrogens with zero attached hydrogens (tertiary/aromatic N) is 2. The summed E-state index contributed by atoms with van der Waals surface area (Å²) in [7, 11) is 0. The van der Waals surface area contributed by atoms with Crippen molar-refractivity contribution >= 4 is 16.8 Å². The summed E-state index contributed by atoms with van der Waals surface area (Å²) in [5.74, 6) is 0.972. The maximum absolute atomic E-state index is 12.8. The zero-order valence-corrected chi connectivity index (χ0v) is 16.0. The standard InChI is InChI=1S/C21H21N3O5/c1-2-23(11-14-13-28-17-9-5-6-10-18(17)29-14)19(25)12-24-20(26)15-7-3-4-8-16(15)22-21(24)27/h3-10,14H,2,11-13H2,1H3,(H,22,27). The molecule has 1 unspecified atom stereocenters. The van der Waals surface area contributed by atoms with Crippen molar-refractivity contribution in [3.63, 3.8) is 0 Å². The molecule has 1 N–H and O–H groups in total. The molecule has 8 heteroatoms. The van der Waals surface area contributed by atoms with Crippen LogP contribution < -0.4 is 20.7 Å². The molecule has 2 aromatic carbocycles. The molecule has 150 valence electrons. The number of benzene rings is 2. The van der Waals surface area contributed by atoms with Crippen molar-refractivity contribution in [2.45, 2.75) is 19.6 Å². The van der Waals surface area contributed by atoms with Crippen LogP contribution in [-0.2, 0) is 11.3 Å². The van der Waals surface area contributed by atoms with Gasteiger partial charge in [-0.3, -0.25) is 14.2 Å². The maximum Gasteiger partial charge on any atom is 0.329 e. The second kappa shape index (κ2) is 7.83. The molecule has 0 radical (unpaired) electrons. The van der Waals surface area contributed by atoms with E-state index in [2.05, 4.69) is 4.98 Å². The van der Waals surface area contributed by atoms with Gasteiger partial charge in [0.2, 0.25) is 5.91 Å². The molecule has 0 spiro atoms. The van der Waals surface area contributed by atoms with Gasteiger partial charge in [-0.2, -0.15) is 0 Å². The van der Waals surface area contributed by atoms with E-state index in [9.17, 15) is 14.4 Å². The first-order valence-electron chi connectivity index (χ1n) is 9.45. The molecule has 0 saturated heterocycles. The average molecular weight is 395 g/mol. The van der Waals surface area contributed by atoms with Gasteiger partial charge >= 0.3 is 5.69 Å². The van der Waals surface area contributed by atoms with E-state index < -0.39 is 11.2 Å². The first-order chi connectivity index (χ1) is 14.1. The van der Waals surface area contributed by atoms with E-state index in [4.69, 9.17) is 9.47 Å². The summed E-state index contributed by atoms with van der Waals surface area (Å²) in [5.41, 5.74) is -0.644. The van der Waals surface area contributed by atoms with Crippen LogP contribution in [0.3, 0.4) is 0 Å². The van der Waals surface area contributed by atoms with Crippen LogP contribution in [0.5, 0.6) is 11.5 Å². The van der Waals surface area contributed by atoms with Gasteiger partial charge in [0, 0.05) is 6.54 Å². The van der Waals surface area contributed by atoms with E-state index in [1.807, 2.05) is 31.2 Å². The minimum absolute atomic E-state index is 0.296. The number of carbonyl (C=O) groups excluding carboxylic acids is 1. The Balaban J connectivity index is 1.51. The van der Waals surface area contributed by atoms with E-state index in [0.29, 0.717) is 42.1 Å². The monoisotopic (exact) mass is 395 g/mol. The molecule has 8 nitrogen and oxygen atoms in total. The van der Waals surface area contributed by atoms with Crippen molar-refractivity contribution in [1.29, 1.82) is 0 Å². The third-order valence-corrected chi connectivity index (χ3v) is 4.91. The van der Waals surface area contributed by atoms with Gasteiger partial charge < -0.3 is 19.4 Å². The summed E-state index contributed by atoms with van der Waals surface area (Å²) < 4.78 is 12.5. The third kappa shape index (κ3) is 3.73. The Morgan fingerprint density at radius 1 is 1.14 bits per heavy atom. The van der Waals surface area contributed by atoms with Crippen molar-refractivity contribution in [1.82, 2.24) is 14.5 Å². The lowest BCUT2D eigenvalue weighted by Gasteiger charge is -2.31. The fourth-order valence-electron chi connectivity index (χ4n) is 3.38. The number of hydrogen-bond acceptors (Lipinski definition) is 5. The van der Waals surface area contributed by atoms with Crippen LogP contribution in [-0.4, -0.2) is 46.2 Å². The molecule has 1 amide bonds. The molecule has 3 aromatic rings. The Labute approximate surface area is 166 Å². The van der Waals surface area contributed by atoms with Crippen molar-refractivity contribution in [3.05, 3.63) is 69.4 Å². The van der Waals surface area contributed by atoms with Gasteiger partial charge in [-0.15, -0.1) is 0 Å². The second-order valence-corrected chi connectivity index (χ2v) is 6.80. The molecule has 1 atom stereocenters. The fourth-order valence-corrected chi connectivity index (χ4v) is 3.38. The lowest BCUT2D eigenvalue weighted by Crippen LogP contribution is -2.47. The maximum atomic E-state index is 12.8. The number of likely N-dealkylation sites (N-methyl/N-ethyl adjacent to an activating group) is 1. The average Bonchev–Trinajstić information content (AvgIpc) is 2.74. The fraction of sp³-hybridized carbons (Fsp3) is 0.286. The highest BCUT2D eigenvalue weighted by Crippen LogP contribution is 2.31. The first kappa shape index (κ1) is 18.8. The molecule has 4 rings (SSSR count). The van der Waals surface area contributed by atoms with Crippen molar-refractivity contribution in [2.24, 2.45) is 0 Å². The van der Waals surface area contributed by atoms with E-state index in [1.54, 1.807) is 29.2 Å². The van der Waals surface area contributed by atoms with Crippen LogP contribution in [0.2, 0.25) is 0 Å². The molecule has 1 aromatic heterocycles. The Morgan fingerprint density at radius 2 is 1.86 bits per heavy atom. The van der Waals surface area contributed by atoms with Crippen molar-refractivity contribution < 1.29 is 14.3 Å². The molecule has 29 heavy (non-hydrogen) atoms. The molecule has 1 aliphatic heterocycles. The number of amides is 1. The lowest BCUT2D eigenvalue weighted by atomic mass is 10.2. The van der Waals surface area contributed by atoms with Gasteiger partial charge in [0.1, 0.15) is 13.2 Å². The van der Waals surface area contributed by atoms with Crippen LogP contribution in [0.15, 0.2) is 58.1 Å². The number of ether oxygens (including phenoxy) is 2. The first-order valence-corrected chi connectivity index (χ1v) is 9.45. The number of para-hydroxylation sites is 3. The number of fused-ring (bicyclic) bond motifs is 2. The van der Waals surface area contributed by atoms with Crippen LogP contribution in [0.1, 0.15) is 6.92 Å². The molecular weight excluding hydrogens is 374 g/mol. The van der Waals surface area contributed by atoms with E-state index in [0.717, 1.165) is 4.57 Å². The van der Waals surface area contributed by atoms with Crippen molar-refractivity contribution in [3.8, 4) is 11.5 Å². The number of aromatic amines is 1. The largest absolute Gasteiger partial charge is 0.486 e. The number of H-pyrrole nitrogens is 1. The van der Waals surface area contributed by atoms with Gasteiger partial charge in [-0.05, 0) is 31.2 Å². The summed E-state index contributed by atoms with van der Waals surface area (Å²) >= 11 is 0. The predicted molar refractivity (Wildman–Crippen MR) is 107 cm³/mol. The molecule has 0 bridgehead atoms. The number of hydrogen-bond donors (Lipinski definition) is 1. The smallest absolute Gasteiger partial charge is 0.329 e. The quantitative estimate of drug-likeness (QED) is 0.704. The third-order valence-electron chi connectivity index (χ3n) is 4.91. The highest BCUT2D eigenvalue weighted by atomic mass is 16.6. The summed E-state index contributed by atoms with van der Waals surface area (Å²) in [5, 5.41) is 0.364. The number of carbonyl (C=O) groups is 1. The summed E-state index contributed by atoms with van der Waals surface area (Å²) in [6, 6.07) is 14.1. The zero-order chi connectivity index (χ0) is 20.4. The molecule has 0 aliphatic carbocycles. The number of nitrogens with one attached hydrogen (secondary N) is 1. The van der Waals surface area contributed by atoms with E-state index in [-0.39, 0.29) is 18.6 Å². The zero-order valence-electron chi connectivity index (χ0n) is 16.0. The van der Waals surface area contributed by atoms with Crippen LogP contribution in [0.25, 0.3) is 10.9 Å². The van der Waals surface area contributed by atoms with Gasteiger partial charge in [0.25, 0.3) is 5.56 Å². The molecule has 2 heterocycles. The summed E-state index contributed by atoms with van der Waals surface area (Å²) in [4.78, 5) is 42.0. The SMILES string of the molecule is CCN(CC1COc2ccccc2O1)C(=O)Cn1c(=O)[nH]c2ccccc2c1=O.